The Kier molecular flexibility index (Phi) is 3.86. The molecule has 0 saturated heterocycles. The monoisotopic (exact) mass is 280 g/mol. The Balaban J connectivity index is 2.17. The molecule has 0 atom stereocenters. The number of hydrogen-bond acceptors (Lipinski definition) is 5. The second-order valence-electron chi connectivity index (χ2n) is 3.47. The van der Waals surface area contributed by atoms with E-state index in [1.54, 1.807) is 11.4 Å². The van der Waals surface area contributed by atoms with Gasteiger partial charge in [0.1, 0.15) is 16.4 Å². The van der Waals surface area contributed by atoms with Gasteiger partial charge in [-0.25, -0.2) is 14.2 Å². The van der Waals surface area contributed by atoms with Gasteiger partial charge in [0.25, 0.3) is 5.91 Å². The number of anilines is 1. The summed E-state index contributed by atoms with van der Waals surface area (Å²) in [5, 5.41) is 4.18. The lowest BCUT2D eigenvalue weighted by molar-refractivity contribution is 0.0607. The molecule has 0 aliphatic carbocycles. The molecule has 0 aromatic carbocycles. The molecule has 0 aliphatic heterocycles. The van der Waals surface area contributed by atoms with Crippen LogP contribution >= 0.6 is 11.3 Å². The van der Waals surface area contributed by atoms with Crippen LogP contribution in [0.3, 0.4) is 0 Å². The van der Waals surface area contributed by atoms with E-state index < -0.39 is 17.7 Å². The Morgan fingerprint density at radius 3 is 2.79 bits per heavy atom. The molecule has 1 amide bonds. The minimum Gasteiger partial charge on any atom is -0.465 e. The van der Waals surface area contributed by atoms with Crippen LogP contribution in [-0.4, -0.2) is 24.0 Å². The summed E-state index contributed by atoms with van der Waals surface area (Å²) in [5.41, 5.74) is 0.399. The predicted molar refractivity (Wildman–Crippen MR) is 67.8 cm³/mol. The SMILES string of the molecule is COC(=O)c1sccc1NC(=O)c1ccc(F)cn1. The van der Waals surface area contributed by atoms with Crippen LogP contribution < -0.4 is 5.32 Å². The smallest absolute Gasteiger partial charge is 0.350 e. The van der Waals surface area contributed by atoms with Crippen LogP contribution in [0.2, 0.25) is 0 Å². The van der Waals surface area contributed by atoms with Crippen LogP contribution in [-0.2, 0) is 4.74 Å². The summed E-state index contributed by atoms with van der Waals surface area (Å²) in [4.78, 5) is 27.2. The first kappa shape index (κ1) is 13.2. The van der Waals surface area contributed by atoms with Crippen molar-refractivity contribution in [3.63, 3.8) is 0 Å². The molecule has 0 saturated carbocycles. The van der Waals surface area contributed by atoms with Gasteiger partial charge in [0.15, 0.2) is 0 Å². The highest BCUT2D eigenvalue weighted by Gasteiger charge is 2.16. The van der Waals surface area contributed by atoms with Crippen molar-refractivity contribution in [2.24, 2.45) is 0 Å². The third-order valence-electron chi connectivity index (χ3n) is 2.24. The number of carbonyl (C=O) groups is 2. The predicted octanol–water partition coefficient (Wildman–Crippen LogP) is 2.32. The summed E-state index contributed by atoms with van der Waals surface area (Å²) < 4.78 is 17.3. The number of esters is 1. The fourth-order valence-corrected chi connectivity index (χ4v) is 2.12. The zero-order valence-corrected chi connectivity index (χ0v) is 10.7. The summed E-state index contributed by atoms with van der Waals surface area (Å²) in [6, 6.07) is 3.98. The van der Waals surface area contributed by atoms with E-state index in [1.165, 1.54) is 13.2 Å². The zero-order valence-electron chi connectivity index (χ0n) is 9.84. The van der Waals surface area contributed by atoms with Crippen LogP contribution in [0.4, 0.5) is 10.1 Å². The number of rotatable bonds is 3. The number of thiophene rings is 1. The topological polar surface area (TPSA) is 68.3 Å². The van der Waals surface area contributed by atoms with Gasteiger partial charge in [-0.2, -0.15) is 0 Å². The molecule has 2 heterocycles. The minimum atomic E-state index is -0.530. The Bertz CT molecular complexity index is 610. The van der Waals surface area contributed by atoms with E-state index in [0.29, 0.717) is 5.69 Å². The van der Waals surface area contributed by atoms with Crippen molar-refractivity contribution < 1.29 is 18.7 Å². The van der Waals surface area contributed by atoms with E-state index in [1.807, 2.05) is 0 Å². The van der Waals surface area contributed by atoms with Gasteiger partial charge in [0.2, 0.25) is 0 Å². The van der Waals surface area contributed by atoms with Crippen LogP contribution in [0, 0.1) is 5.82 Å². The molecule has 2 rings (SSSR count). The number of pyridine rings is 1. The van der Waals surface area contributed by atoms with Gasteiger partial charge >= 0.3 is 5.97 Å². The van der Waals surface area contributed by atoms with Crippen molar-refractivity contribution in [1.29, 1.82) is 0 Å². The highest BCUT2D eigenvalue weighted by Crippen LogP contribution is 2.23. The average Bonchev–Trinajstić information content (AvgIpc) is 2.86. The van der Waals surface area contributed by atoms with Crippen LogP contribution in [0.25, 0.3) is 0 Å². The molecule has 98 valence electrons. The average molecular weight is 280 g/mol. The second kappa shape index (κ2) is 5.57. The van der Waals surface area contributed by atoms with Crippen LogP contribution in [0.1, 0.15) is 20.2 Å². The Morgan fingerprint density at radius 2 is 2.16 bits per heavy atom. The second-order valence-corrected chi connectivity index (χ2v) is 4.39. The number of aromatic nitrogens is 1. The molecular weight excluding hydrogens is 271 g/mol. The summed E-state index contributed by atoms with van der Waals surface area (Å²) in [7, 11) is 1.26. The molecule has 5 nitrogen and oxygen atoms in total. The lowest BCUT2D eigenvalue weighted by atomic mass is 10.3. The fraction of sp³-hybridized carbons (Fsp3) is 0.0833. The van der Waals surface area contributed by atoms with E-state index in [-0.39, 0.29) is 10.6 Å². The molecule has 1 N–H and O–H groups in total. The molecular formula is C12H9FN2O3S. The maximum absolute atomic E-state index is 12.7. The quantitative estimate of drug-likeness (QED) is 0.876. The number of ether oxygens (including phenoxy) is 1. The summed E-state index contributed by atoms with van der Waals surface area (Å²) in [6.07, 6.45) is 0.948. The Labute approximate surface area is 112 Å². The Hall–Kier alpha value is -2.28. The van der Waals surface area contributed by atoms with Gasteiger partial charge in [-0.1, -0.05) is 0 Å². The molecule has 0 aliphatic rings. The summed E-state index contributed by atoms with van der Waals surface area (Å²) in [5.74, 6) is -1.58. The molecule has 0 unspecified atom stereocenters. The first-order valence-corrected chi connectivity index (χ1v) is 6.08. The van der Waals surface area contributed by atoms with E-state index in [2.05, 4.69) is 15.0 Å². The number of halogens is 1. The highest BCUT2D eigenvalue weighted by atomic mass is 32.1. The van der Waals surface area contributed by atoms with E-state index in [9.17, 15) is 14.0 Å². The molecule has 0 radical (unpaired) electrons. The van der Waals surface area contributed by atoms with Crippen LogP contribution in [0.15, 0.2) is 29.8 Å². The molecule has 0 spiro atoms. The number of nitrogens with one attached hydrogen (secondary N) is 1. The largest absolute Gasteiger partial charge is 0.465 e. The lowest BCUT2D eigenvalue weighted by Gasteiger charge is -2.04. The van der Waals surface area contributed by atoms with Crippen LogP contribution in [0.5, 0.6) is 0 Å². The molecule has 0 fully saturated rings. The van der Waals surface area contributed by atoms with Gasteiger partial charge in [0, 0.05) is 0 Å². The molecule has 2 aromatic rings. The van der Waals surface area contributed by atoms with Gasteiger partial charge < -0.3 is 10.1 Å². The fourth-order valence-electron chi connectivity index (χ4n) is 1.35. The number of methoxy groups -OCH3 is 1. The third-order valence-corrected chi connectivity index (χ3v) is 3.14. The van der Waals surface area contributed by atoms with E-state index >= 15 is 0 Å². The number of nitrogens with zero attached hydrogens (tertiary/aromatic N) is 1. The normalized spacial score (nSPS) is 10.0. The van der Waals surface area contributed by atoms with E-state index in [4.69, 9.17) is 0 Å². The first-order valence-electron chi connectivity index (χ1n) is 5.20. The number of hydrogen-bond donors (Lipinski definition) is 1. The Morgan fingerprint density at radius 1 is 1.37 bits per heavy atom. The lowest BCUT2D eigenvalue weighted by Crippen LogP contribution is -2.15. The standard InChI is InChI=1S/C12H9FN2O3S/c1-18-12(17)10-8(4-5-19-10)15-11(16)9-3-2-7(13)6-14-9/h2-6H,1H3,(H,15,16). The van der Waals surface area contributed by atoms with Crippen molar-refractivity contribution in [1.82, 2.24) is 4.98 Å². The molecule has 19 heavy (non-hydrogen) atoms. The highest BCUT2D eigenvalue weighted by molar-refractivity contribution is 7.12. The first-order chi connectivity index (χ1) is 9.11. The third kappa shape index (κ3) is 2.94. The van der Waals surface area contributed by atoms with Crippen molar-refractivity contribution in [3.05, 3.63) is 46.2 Å². The molecule has 0 bridgehead atoms. The maximum atomic E-state index is 12.7. The van der Waals surface area contributed by atoms with Crippen molar-refractivity contribution in [3.8, 4) is 0 Å². The van der Waals surface area contributed by atoms with Gasteiger partial charge in [-0.05, 0) is 23.6 Å². The number of carbonyl (C=O) groups excluding carboxylic acids is 2. The maximum Gasteiger partial charge on any atom is 0.350 e. The summed E-state index contributed by atoms with van der Waals surface area (Å²) >= 11 is 1.15. The summed E-state index contributed by atoms with van der Waals surface area (Å²) in [6.45, 7) is 0. The molecule has 7 heteroatoms. The zero-order chi connectivity index (χ0) is 13.8. The van der Waals surface area contributed by atoms with E-state index in [0.717, 1.165) is 23.6 Å². The van der Waals surface area contributed by atoms with Gasteiger partial charge in [-0.3, -0.25) is 4.79 Å². The van der Waals surface area contributed by atoms with Gasteiger partial charge in [0.05, 0.1) is 19.0 Å². The minimum absolute atomic E-state index is 0.0587. The van der Waals surface area contributed by atoms with Crippen molar-refractivity contribution >= 4 is 28.9 Å². The van der Waals surface area contributed by atoms with Gasteiger partial charge in [-0.15, -0.1) is 11.3 Å². The molecule has 2 aromatic heterocycles. The van der Waals surface area contributed by atoms with Crippen molar-refractivity contribution in [2.45, 2.75) is 0 Å². The number of amides is 1. The van der Waals surface area contributed by atoms with Crippen molar-refractivity contribution in [2.75, 3.05) is 12.4 Å².